The molecule has 0 unspecified atom stereocenters. The van der Waals surface area contributed by atoms with Gasteiger partial charge in [-0.05, 0) is 61.8 Å². The van der Waals surface area contributed by atoms with E-state index < -0.39 is 0 Å². The van der Waals surface area contributed by atoms with Gasteiger partial charge in [0.05, 0.1) is 12.6 Å². The zero-order chi connectivity index (χ0) is 17.0. The normalized spacial score (nSPS) is 15.8. The van der Waals surface area contributed by atoms with Crippen LogP contribution in [0.15, 0.2) is 48.5 Å². The Bertz CT molecular complexity index is 689. The van der Waals surface area contributed by atoms with Gasteiger partial charge in [0.2, 0.25) is 0 Å². The third-order valence-electron chi connectivity index (χ3n) is 4.76. The summed E-state index contributed by atoms with van der Waals surface area (Å²) in [6.07, 6.45) is 4.61. The summed E-state index contributed by atoms with van der Waals surface area (Å²) in [5, 5.41) is 7.57. The summed E-state index contributed by atoms with van der Waals surface area (Å²) in [5.41, 5.74) is 3.45. The second-order valence-electron chi connectivity index (χ2n) is 6.46. The Hall–Kier alpha value is -2.07. The molecule has 1 saturated carbocycles. The number of nitrogens with one attached hydrogen (secondary N) is 2. The van der Waals surface area contributed by atoms with Gasteiger partial charge in [0, 0.05) is 5.69 Å². The molecule has 0 spiro atoms. The van der Waals surface area contributed by atoms with E-state index in [0.29, 0.717) is 5.11 Å². The third kappa shape index (κ3) is 3.70. The molecule has 0 heterocycles. The quantitative estimate of drug-likeness (QED) is 0.786. The van der Waals surface area contributed by atoms with Crippen molar-refractivity contribution in [3.8, 4) is 5.75 Å². The first-order valence-corrected chi connectivity index (χ1v) is 8.82. The van der Waals surface area contributed by atoms with Crippen LogP contribution in [0, 0.1) is 6.92 Å². The minimum Gasteiger partial charge on any atom is -0.497 e. The van der Waals surface area contributed by atoms with Gasteiger partial charge in [0.25, 0.3) is 0 Å². The molecule has 2 aromatic rings. The van der Waals surface area contributed by atoms with Gasteiger partial charge in [-0.2, -0.15) is 0 Å². The SMILES string of the molecule is COc1ccc(C2(NC(=S)Nc3ccc(C)cc3)CCCC2)cc1. The number of hydrogen-bond acceptors (Lipinski definition) is 2. The smallest absolute Gasteiger partial charge is 0.171 e. The lowest BCUT2D eigenvalue weighted by molar-refractivity contribution is 0.401. The van der Waals surface area contributed by atoms with Gasteiger partial charge in [0.1, 0.15) is 5.75 Å². The molecule has 1 aliphatic rings. The Morgan fingerprint density at radius 3 is 2.21 bits per heavy atom. The van der Waals surface area contributed by atoms with Crippen molar-refractivity contribution in [2.24, 2.45) is 0 Å². The maximum Gasteiger partial charge on any atom is 0.171 e. The van der Waals surface area contributed by atoms with Crippen molar-refractivity contribution in [1.82, 2.24) is 5.32 Å². The third-order valence-corrected chi connectivity index (χ3v) is 4.97. The molecule has 4 heteroatoms. The summed E-state index contributed by atoms with van der Waals surface area (Å²) in [5.74, 6) is 0.882. The molecule has 0 amide bonds. The van der Waals surface area contributed by atoms with Crippen molar-refractivity contribution >= 4 is 23.0 Å². The first kappa shape index (κ1) is 16.8. The first-order chi connectivity index (χ1) is 11.6. The van der Waals surface area contributed by atoms with E-state index in [1.807, 2.05) is 12.1 Å². The van der Waals surface area contributed by atoms with Crippen molar-refractivity contribution in [2.45, 2.75) is 38.1 Å². The van der Waals surface area contributed by atoms with Crippen molar-refractivity contribution in [3.63, 3.8) is 0 Å². The highest BCUT2D eigenvalue weighted by Gasteiger charge is 2.36. The van der Waals surface area contributed by atoms with E-state index in [0.717, 1.165) is 24.3 Å². The van der Waals surface area contributed by atoms with Gasteiger partial charge in [-0.3, -0.25) is 0 Å². The van der Waals surface area contributed by atoms with Crippen LogP contribution in [0.2, 0.25) is 0 Å². The number of methoxy groups -OCH3 is 1. The minimum absolute atomic E-state index is 0.0823. The molecule has 2 aromatic carbocycles. The van der Waals surface area contributed by atoms with E-state index in [9.17, 15) is 0 Å². The van der Waals surface area contributed by atoms with E-state index in [4.69, 9.17) is 17.0 Å². The van der Waals surface area contributed by atoms with E-state index in [-0.39, 0.29) is 5.54 Å². The van der Waals surface area contributed by atoms with Crippen molar-refractivity contribution in [1.29, 1.82) is 0 Å². The largest absolute Gasteiger partial charge is 0.497 e. The predicted molar refractivity (Wildman–Crippen MR) is 104 cm³/mol. The highest BCUT2D eigenvalue weighted by atomic mass is 32.1. The molecule has 0 aliphatic heterocycles. The van der Waals surface area contributed by atoms with Crippen LogP contribution in [0.4, 0.5) is 5.69 Å². The number of aryl methyl sites for hydroxylation is 1. The number of ether oxygens (including phenoxy) is 1. The zero-order valence-electron chi connectivity index (χ0n) is 14.3. The zero-order valence-corrected chi connectivity index (χ0v) is 15.1. The average Bonchev–Trinajstić information content (AvgIpc) is 3.06. The molecule has 3 rings (SSSR count). The molecule has 3 nitrogen and oxygen atoms in total. The Morgan fingerprint density at radius 1 is 1.00 bits per heavy atom. The summed E-state index contributed by atoms with van der Waals surface area (Å²) in [4.78, 5) is 0. The maximum absolute atomic E-state index is 5.58. The van der Waals surface area contributed by atoms with Crippen molar-refractivity contribution < 1.29 is 4.74 Å². The monoisotopic (exact) mass is 340 g/mol. The number of thiocarbonyl (C=S) groups is 1. The summed E-state index contributed by atoms with van der Waals surface area (Å²) < 4.78 is 5.28. The summed E-state index contributed by atoms with van der Waals surface area (Å²) in [6.45, 7) is 2.08. The van der Waals surface area contributed by atoms with Crippen LogP contribution in [-0.4, -0.2) is 12.2 Å². The first-order valence-electron chi connectivity index (χ1n) is 8.42. The van der Waals surface area contributed by atoms with Gasteiger partial charge < -0.3 is 15.4 Å². The molecular formula is C20H24N2OS. The lowest BCUT2D eigenvalue weighted by atomic mass is 9.88. The Labute approximate surface area is 149 Å². The molecular weight excluding hydrogens is 316 g/mol. The molecule has 0 aromatic heterocycles. The molecule has 0 bridgehead atoms. The van der Waals surface area contributed by atoms with Crippen molar-refractivity contribution in [2.75, 3.05) is 12.4 Å². The van der Waals surface area contributed by atoms with Crippen molar-refractivity contribution in [3.05, 3.63) is 59.7 Å². The molecule has 1 aliphatic carbocycles. The molecule has 0 saturated heterocycles. The molecule has 126 valence electrons. The fourth-order valence-corrected chi connectivity index (χ4v) is 3.70. The van der Waals surface area contributed by atoms with Crippen LogP contribution < -0.4 is 15.4 Å². The van der Waals surface area contributed by atoms with Gasteiger partial charge in [0.15, 0.2) is 5.11 Å². The van der Waals surface area contributed by atoms with Gasteiger partial charge in [-0.1, -0.05) is 42.7 Å². The van der Waals surface area contributed by atoms with E-state index in [2.05, 4.69) is 54.0 Å². The second kappa shape index (κ2) is 7.22. The molecule has 0 radical (unpaired) electrons. The molecule has 0 atom stereocenters. The maximum atomic E-state index is 5.58. The van der Waals surface area contributed by atoms with E-state index in [1.54, 1.807) is 7.11 Å². The minimum atomic E-state index is -0.0823. The van der Waals surface area contributed by atoms with Crippen LogP contribution in [-0.2, 0) is 5.54 Å². The Balaban J connectivity index is 1.75. The number of rotatable bonds is 4. The van der Waals surface area contributed by atoms with Crippen LogP contribution in [0.25, 0.3) is 0 Å². The highest BCUT2D eigenvalue weighted by molar-refractivity contribution is 7.80. The van der Waals surface area contributed by atoms with Crippen LogP contribution >= 0.6 is 12.2 Å². The number of anilines is 1. The van der Waals surface area contributed by atoms with Crippen LogP contribution in [0.3, 0.4) is 0 Å². The Morgan fingerprint density at radius 2 is 1.62 bits per heavy atom. The predicted octanol–water partition coefficient (Wildman–Crippen LogP) is 4.76. The van der Waals surface area contributed by atoms with Gasteiger partial charge in [-0.25, -0.2) is 0 Å². The topological polar surface area (TPSA) is 33.3 Å². The standard InChI is InChI=1S/C20H24N2OS/c1-15-5-9-17(10-6-15)21-19(24)22-20(13-3-4-14-20)16-7-11-18(23-2)12-8-16/h5-12H,3-4,13-14H2,1-2H3,(H2,21,22,24). The van der Waals surface area contributed by atoms with Gasteiger partial charge in [-0.15, -0.1) is 0 Å². The fourth-order valence-electron chi connectivity index (χ4n) is 3.39. The Kier molecular flexibility index (Phi) is 5.05. The van der Waals surface area contributed by atoms with E-state index in [1.165, 1.54) is 24.0 Å². The summed E-state index contributed by atoms with van der Waals surface area (Å²) in [6, 6.07) is 16.6. The van der Waals surface area contributed by atoms with Crippen LogP contribution in [0.1, 0.15) is 36.8 Å². The van der Waals surface area contributed by atoms with Gasteiger partial charge >= 0.3 is 0 Å². The number of hydrogen-bond donors (Lipinski definition) is 2. The second-order valence-corrected chi connectivity index (χ2v) is 6.87. The molecule has 24 heavy (non-hydrogen) atoms. The lowest BCUT2D eigenvalue weighted by Gasteiger charge is -2.32. The summed E-state index contributed by atoms with van der Waals surface area (Å²) in [7, 11) is 1.69. The average molecular weight is 340 g/mol. The fraction of sp³-hybridized carbons (Fsp3) is 0.350. The van der Waals surface area contributed by atoms with E-state index >= 15 is 0 Å². The molecule has 1 fully saturated rings. The number of benzene rings is 2. The summed E-state index contributed by atoms with van der Waals surface area (Å²) >= 11 is 5.58. The molecule has 2 N–H and O–H groups in total. The van der Waals surface area contributed by atoms with Crippen LogP contribution in [0.5, 0.6) is 5.75 Å². The lowest BCUT2D eigenvalue weighted by Crippen LogP contribution is -2.45. The highest BCUT2D eigenvalue weighted by Crippen LogP contribution is 2.39.